The molecule has 2 aromatic carbocycles. The predicted molar refractivity (Wildman–Crippen MR) is 102 cm³/mol. The third-order valence-electron chi connectivity index (χ3n) is 5.20. The van der Waals surface area contributed by atoms with Crippen LogP contribution in [-0.4, -0.2) is 60.4 Å². The summed E-state index contributed by atoms with van der Waals surface area (Å²) in [6.45, 7) is 3.37. The second-order valence-corrected chi connectivity index (χ2v) is 7.36. The summed E-state index contributed by atoms with van der Waals surface area (Å²) in [6.07, 6.45) is 2.67. The van der Waals surface area contributed by atoms with Crippen molar-refractivity contribution in [3.05, 3.63) is 48.0 Å². The number of piperazine rings is 1. The van der Waals surface area contributed by atoms with Crippen molar-refractivity contribution in [2.24, 2.45) is 0 Å². The highest BCUT2D eigenvalue weighted by molar-refractivity contribution is 5.85. The summed E-state index contributed by atoms with van der Waals surface area (Å²) in [5.74, 6) is 0.283. The molecule has 0 radical (unpaired) electrons. The molecule has 1 saturated carbocycles. The van der Waals surface area contributed by atoms with Crippen LogP contribution in [-0.2, 0) is 16.0 Å². The van der Waals surface area contributed by atoms with Crippen LogP contribution in [0, 0.1) is 0 Å². The van der Waals surface area contributed by atoms with Gasteiger partial charge in [0.05, 0.1) is 13.0 Å². The zero-order valence-electron chi connectivity index (χ0n) is 15.0. The van der Waals surface area contributed by atoms with E-state index in [9.17, 15) is 9.59 Å². The summed E-state index contributed by atoms with van der Waals surface area (Å²) in [6, 6.07) is 14.8. The Bertz CT molecular complexity index is 808. The van der Waals surface area contributed by atoms with Crippen LogP contribution in [0.25, 0.3) is 10.8 Å². The highest BCUT2D eigenvalue weighted by Gasteiger charge is 2.26. The van der Waals surface area contributed by atoms with Crippen molar-refractivity contribution >= 4 is 22.6 Å². The van der Waals surface area contributed by atoms with Crippen molar-refractivity contribution in [2.45, 2.75) is 25.3 Å². The van der Waals surface area contributed by atoms with Crippen molar-refractivity contribution in [3.63, 3.8) is 0 Å². The second-order valence-electron chi connectivity index (χ2n) is 7.36. The quantitative estimate of drug-likeness (QED) is 0.894. The Morgan fingerprint density at radius 1 is 0.962 bits per heavy atom. The number of nitrogens with one attached hydrogen (secondary N) is 1. The van der Waals surface area contributed by atoms with Gasteiger partial charge in [0.25, 0.3) is 0 Å². The number of hydrogen-bond donors (Lipinski definition) is 1. The zero-order chi connectivity index (χ0) is 17.9. The molecule has 2 fully saturated rings. The summed E-state index contributed by atoms with van der Waals surface area (Å²) in [4.78, 5) is 28.6. The summed E-state index contributed by atoms with van der Waals surface area (Å²) >= 11 is 0. The molecule has 1 aliphatic heterocycles. The maximum atomic E-state index is 12.6. The maximum Gasteiger partial charge on any atom is 0.234 e. The number of carbonyl (C=O) groups is 2. The summed E-state index contributed by atoms with van der Waals surface area (Å²) in [7, 11) is 0. The molecule has 0 atom stereocenters. The molecule has 0 unspecified atom stereocenters. The molecular formula is C21H25N3O2. The predicted octanol–water partition coefficient (Wildman–Crippen LogP) is 1.81. The van der Waals surface area contributed by atoms with E-state index in [0.29, 0.717) is 32.1 Å². The molecule has 5 nitrogen and oxygen atoms in total. The molecule has 5 heteroatoms. The molecule has 2 amide bonds. The minimum atomic E-state index is 0.114. The third-order valence-corrected chi connectivity index (χ3v) is 5.20. The number of amides is 2. The molecule has 4 rings (SSSR count). The molecule has 136 valence electrons. The van der Waals surface area contributed by atoms with Gasteiger partial charge in [0.1, 0.15) is 0 Å². The van der Waals surface area contributed by atoms with Crippen molar-refractivity contribution in [1.29, 1.82) is 0 Å². The van der Waals surface area contributed by atoms with Crippen molar-refractivity contribution in [3.8, 4) is 0 Å². The Labute approximate surface area is 154 Å². The van der Waals surface area contributed by atoms with Gasteiger partial charge in [-0.1, -0.05) is 42.5 Å². The standard InChI is InChI=1S/C21H25N3O2/c25-20(22-19-7-8-19)15-23-9-11-24(12-10-23)21(26)14-16-5-6-17-3-1-2-4-18(17)13-16/h1-6,13,19H,7-12,14-15H2,(H,22,25). The number of nitrogens with zero attached hydrogens (tertiary/aromatic N) is 2. The van der Waals surface area contributed by atoms with Gasteiger partial charge in [0, 0.05) is 32.2 Å². The van der Waals surface area contributed by atoms with Crippen LogP contribution in [0.1, 0.15) is 18.4 Å². The summed E-state index contributed by atoms with van der Waals surface area (Å²) < 4.78 is 0. The normalized spacial score (nSPS) is 18.1. The first-order chi connectivity index (χ1) is 12.7. The van der Waals surface area contributed by atoms with Crippen LogP contribution in [0.4, 0.5) is 0 Å². The molecule has 1 aliphatic carbocycles. The van der Waals surface area contributed by atoms with Gasteiger partial charge in [-0.25, -0.2) is 0 Å². The van der Waals surface area contributed by atoms with Crippen LogP contribution in [0.15, 0.2) is 42.5 Å². The van der Waals surface area contributed by atoms with Crippen molar-refractivity contribution in [1.82, 2.24) is 15.1 Å². The Balaban J connectivity index is 1.28. The molecule has 1 N–H and O–H groups in total. The first-order valence-corrected chi connectivity index (χ1v) is 9.44. The van der Waals surface area contributed by atoms with E-state index in [0.717, 1.165) is 31.5 Å². The Hall–Kier alpha value is -2.40. The lowest BCUT2D eigenvalue weighted by molar-refractivity contribution is -0.132. The van der Waals surface area contributed by atoms with Gasteiger partial charge in [-0.2, -0.15) is 0 Å². The molecule has 1 saturated heterocycles. The second kappa shape index (κ2) is 7.46. The maximum absolute atomic E-state index is 12.6. The van der Waals surface area contributed by atoms with Gasteiger partial charge in [0.2, 0.25) is 11.8 Å². The first kappa shape index (κ1) is 17.0. The number of hydrogen-bond acceptors (Lipinski definition) is 3. The zero-order valence-corrected chi connectivity index (χ0v) is 15.0. The Kier molecular flexibility index (Phi) is 4.89. The van der Waals surface area contributed by atoms with Gasteiger partial charge in [-0.15, -0.1) is 0 Å². The van der Waals surface area contributed by atoms with E-state index in [1.54, 1.807) is 0 Å². The monoisotopic (exact) mass is 351 g/mol. The largest absolute Gasteiger partial charge is 0.352 e. The fraction of sp³-hybridized carbons (Fsp3) is 0.429. The number of carbonyl (C=O) groups excluding carboxylic acids is 2. The summed E-state index contributed by atoms with van der Waals surface area (Å²) in [5.41, 5.74) is 1.06. The van der Waals surface area contributed by atoms with Crippen LogP contribution in [0.2, 0.25) is 0 Å². The molecular weight excluding hydrogens is 326 g/mol. The van der Waals surface area contributed by atoms with Crippen molar-refractivity contribution < 1.29 is 9.59 Å². The highest BCUT2D eigenvalue weighted by atomic mass is 16.2. The van der Waals surface area contributed by atoms with Crippen LogP contribution in [0.5, 0.6) is 0 Å². The first-order valence-electron chi connectivity index (χ1n) is 9.44. The van der Waals surface area contributed by atoms with E-state index in [2.05, 4.69) is 34.5 Å². The third kappa shape index (κ3) is 4.22. The van der Waals surface area contributed by atoms with E-state index < -0.39 is 0 Å². The average molecular weight is 351 g/mol. The molecule has 0 spiro atoms. The lowest BCUT2D eigenvalue weighted by Crippen LogP contribution is -2.51. The molecule has 26 heavy (non-hydrogen) atoms. The van der Waals surface area contributed by atoms with Gasteiger partial charge in [0.15, 0.2) is 0 Å². The van der Waals surface area contributed by atoms with Crippen LogP contribution < -0.4 is 5.32 Å². The smallest absolute Gasteiger partial charge is 0.234 e. The average Bonchev–Trinajstić information content (AvgIpc) is 3.46. The number of rotatable bonds is 5. The van der Waals surface area contributed by atoms with Gasteiger partial charge >= 0.3 is 0 Å². The van der Waals surface area contributed by atoms with Gasteiger partial charge in [-0.3, -0.25) is 14.5 Å². The minimum absolute atomic E-state index is 0.114. The lowest BCUT2D eigenvalue weighted by Gasteiger charge is -2.34. The molecule has 2 aliphatic rings. The van der Waals surface area contributed by atoms with Gasteiger partial charge in [-0.05, 0) is 29.2 Å². The van der Waals surface area contributed by atoms with E-state index in [1.165, 1.54) is 10.8 Å². The van der Waals surface area contributed by atoms with E-state index in [-0.39, 0.29) is 11.8 Å². The molecule has 2 aromatic rings. The minimum Gasteiger partial charge on any atom is -0.352 e. The number of benzene rings is 2. The van der Waals surface area contributed by atoms with E-state index in [4.69, 9.17) is 0 Å². The number of fused-ring (bicyclic) bond motifs is 1. The SMILES string of the molecule is O=C(CN1CCN(C(=O)Cc2ccc3ccccc3c2)CC1)NC1CC1. The Morgan fingerprint density at radius 2 is 1.69 bits per heavy atom. The molecule has 0 bridgehead atoms. The Morgan fingerprint density at radius 3 is 2.42 bits per heavy atom. The molecule has 0 aromatic heterocycles. The lowest BCUT2D eigenvalue weighted by atomic mass is 10.0. The molecule has 1 heterocycles. The van der Waals surface area contributed by atoms with Crippen molar-refractivity contribution in [2.75, 3.05) is 32.7 Å². The summed E-state index contributed by atoms with van der Waals surface area (Å²) in [5, 5.41) is 5.39. The fourth-order valence-corrected chi connectivity index (χ4v) is 3.49. The van der Waals surface area contributed by atoms with Gasteiger partial charge < -0.3 is 10.2 Å². The highest BCUT2D eigenvalue weighted by Crippen LogP contribution is 2.19. The topological polar surface area (TPSA) is 52.7 Å². The van der Waals surface area contributed by atoms with Crippen LogP contribution in [0.3, 0.4) is 0 Å². The van der Waals surface area contributed by atoms with E-state index in [1.807, 2.05) is 23.1 Å². The van der Waals surface area contributed by atoms with E-state index >= 15 is 0 Å². The fourth-order valence-electron chi connectivity index (χ4n) is 3.49. The van der Waals surface area contributed by atoms with Crippen LogP contribution >= 0.6 is 0 Å².